The summed E-state index contributed by atoms with van der Waals surface area (Å²) < 4.78 is 4.92. The van der Waals surface area contributed by atoms with E-state index in [9.17, 15) is 4.79 Å². The summed E-state index contributed by atoms with van der Waals surface area (Å²) in [6.07, 6.45) is 3.68. The summed E-state index contributed by atoms with van der Waals surface area (Å²) in [5, 5.41) is 9.05. The fourth-order valence-electron chi connectivity index (χ4n) is 1.27. The molecule has 0 aliphatic rings. The topological polar surface area (TPSA) is 53.7 Å². The molecule has 0 aliphatic heterocycles. The number of aliphatic hydroxyl groups is 1. The normalized spacial score (nSPS) is 12.5. The minimum Gasteiger partial charge on any atom is -0.472 e. The van der Waals surface area contributed by atoms with Crippen LogP contribution in [0.25, 0.3) is 0 Å². The number of carbonyl (C=O) groups excluding carboxylic acids is 1. The minimum absolute atomic E-state index is 0.0390. The monoisotopic (exact) mass is 211 g/mol. The zero-order chi connectivity index (χ0) is 11.3. The Labute approximate surface area is 89.5 Å². The van der Waals surface area contributed by atoms with Crippen LogP contribution >= 0.6 is 0 Å². The molecule has 4 nitrogen and oxygen atoms in total. The Hall–Kier alpha value is -1.29. The number of aliphatic hydroxyl groups excluding tert-OH is 1. The molecule has 1 rings (SSSR count). The molecule has 0 aromatic carbocycles. The lowest BCUT2D eigenvalue weighted by molar-refractivity contribution is -0.131. The Kier molecular flexibility index (Phi) is 4.37. The third kappa shape index (κ3) is 4.16. The first-order valence-corrected chi connectivity index (χ1v) is 5.02. The summed E-state index contributed by atoms with van der Waals surface area (Å²) in [5.41, 5.74) is 0.975. The minimum atomic E-state index is -0.420. The van der Waals surface area contributed by atoms with Gasteiger partial charge in [0.05, 0.1) is 18.6 Å². The molecular weight excluding hydrogens is 194 g/mol. The Balaban J connectivity index is 2.33. The highest BCUT2D eigenvalue weighted by Crippen LogP contribution is 2.06. The van der Waals surface area contributed by atoms with Crippen molar-refractivity contribution >= 4 is 5.91 Å². The fraction of sp³-hybridized carbons (Fsp3) is 0.545. The van der Waals surface area contributed by atoms with Crippen LogP contribution in [0.15, 0.2) is 23.0 Å². The van der Waals surface area contributed by atoms with E-state index in [0.717, 1.165) is 5.56 Å². The molecular formula is C11H17NO3. The number of amides is 1. The average Bonchev–Trinajstić information content (AvgIpc) is 2.66. The highest BCUT2D eigenvalue weighted by molar-refractivity contribution is 5.75. The lowest BCUT2D eigenvalue weighted by Gasteiger charge is -2.16. The van der Waals surface area contributed by atoms with Crippen molar-refractivity contribution in [1.29, 1.82) is 0 Å². The Morgan fingerprint density at radius 1 is 1.67 bits per heavy atom. The van der Waals surface area contributed by atoms with Crippen LogP contribution in [0.4, 0.5) is 0 Å². The van der Waals surface area contributed by atoms with Crippen LogP contribution in [0.2, 0.25) is 0 Å². The molecule has 1 amide bonds. The largest absolute Gasteiger partial charge is 0.472 e. The van der Waals surface area contributed by atoms with Crippen molar-refractivity contribution in [3.8, 4) is 0 Å². The van der Waals surface area contributed by atoms with Gasteiger partial charge in [0.15, 0.2) is 0 Å². The fourth-order valence-corrected chi connectivity index (χ4v) is 1.27. The predicted molar refractivity (Wildman–Crippen MR) is 56.1 cm³/mol. The van der Waals surface area contributed by atoms with Crippen LogP contribution in [-0.2, 0) is 11.3 Å². The van der Waals surface area contributed by atoms with Crippen LogP contribution in [0.3, 0.4) is 0 Å². The van der Waals surface area contributed by atoms with E-state index in [4.69, 9.17) is 9.52 Å². The first kappa shape index (κ1) is 11.8. The molecule has 1 atom stereocenters. The van der Waals surface area contributed by atoms with Crippen molar-refractivity contribution in [1.82, 2.24) is 4.90 Å². The van der Waals surface area contributed by atoms with Gasteiger partial charge in [-0.2, -0.15) is 0 Å². The number of nitrogens with zero attached hydrogens (tertiary/aromatic N) is 1. The Bertz CT molecular complexity index is 293. The molecule has 15 heavy (non-hydrogen) atoms. The SMILES string of the molecule is CC(O)CCC(=O)N(C)Cc1ccoc1. The molecule has 0 saturated heterocycles. The molecule has 1 heterocycles. The molecule has 0 radical (unpaired) electrons. The van der Waals surface area contributed by atoms with E-state index in [1.807, 2.05) is 6.07 Å². The van der Waals surface area contributed by atoms with Gasteiger partial charge in [0, 0.05) is 25.6 Å². The zero-order valence-electron chi connectivity index (χ0n) is 9.14. The molecule has 84 valence electrons. The molecule has 0 aliphatic carbocycles. The van der Waals surface area contributed by atoms with E-state index in [-0.39, 0.29) is 5.91 Å². The zero-order valence-corrected chi connectivity index (χ0v) is 9.14. The summed E-state index contributed by atoms with van der Waals surface area (Å²) in [4.78, 5) is 13.2. The summed E-state index contributed by atoms with van der Waals surface area (Å²) in [6, 6.07) is 1.83. The summed E-state index contributed by atoms with van der Waals surface area (Å²) in [5.74, 6) is 0.0390. The van der Waals surface area contributed by atoms with Gasteiger partial charge in [0.25, 0.3) is 0 Å². The number of hydrogen-bond acceptors (Lipinski definition) is 3. The van der Waals surface area contributed by atoms with Gasteiger partial charge in [-0.25, -0.2) is 0 Å². The van der Waals surface area contributed by atoms with Crippen LogP contribution < -0.4 is 0 Å². The number of furan rings is 1. The summed E-state index contributed by atoms with van der Waals surface area (Å²) in [7, 11) is 1.75. The van der Waals surface area contributed by atoms with E-state index < -0.39 is 6.10 Å². The van der Waals surface area contributed by atoms with Crippen molar-refractivity contribution in [2.24, 2.45) is 0 Å². The van der Waals surface area contributed by atoms with Crippen LogP contribution in [-0.4, -0.2) is 29.1 Å². The van der Waals surface area contributed by atoms with E-state index in [1.165, 1.54) is 0 Å². The molecule has 0 fully saturated rings. The van der Waals surface area contributed by atoms with Crippen molar-refractivity contribution in [2.45, 2.75) is 32.4 Å². The molecule has 4 heteroatoms. The number of hydrogen-bond donors (Lipinski definition) is 1. The summed E-state index contributed by atoms with van der Waals surface area (Å²) in [6.45, 7) is 2.23. The van der Waals surface area contributed by atoms with Gasteiger partial charge < -0.3 is 14.4 Å². The lowest BCUT2D eigenvalue weighted by Crippen LogP contribution is -2.26. The second kappa shape index (κ2) is 5.56. The molecule has 0 bridgehead atoms. The maximum atomic E-state index is 11.6. The molecule has 0 spiro atoms. The predicted octanol–water partition coefficient (Wildman–Crippen LogP) is 1.40. The van der Waals surface area contributed by atoms with Crippen LogP contribution in [0.5, 0.6) is 0 Å². The van der Waals surface area contributed by atoms with Gasteiger partial charge in [-0.1, -0.05) is 0 Å². The molecule has 1 unspecified atom stereocenters. The van der Waals surface area contributed by atoms with Crippen LogP contribution in [0, 0.1) is 0 Å². The van der Waals surface area contributed by atoms with Gasteiger partial charge in [0.2, 0.25) is 5.91 Å². The van der Waals surface area contributed by atoms with Crippen molar-refractivity contribution in [3.05, 3.63) is 24.2 Å². The second-order valence-electron chi connectivity index (χ2n) is 3.77. The van der Waals surface area contributed by atoms with Crippen molar-refractivity contribution in [3.63, 3.8) is 0 Å². The first-order chi connectivity index (χ1) is 7.09. The first-order valence-electron chi connectivity index (χ1n) is 5.02. The Morgan fingerprint density at radius 2 is 2.40 bits per heavy atom. The standard InChI is InChI=1S/C11H17NO3/c1-9(13)3-4-11(14)12(2)7-10-5-6-15-8-10/h5-6,8-9,13H,3-4,7H2,1-2H3. The van der Waals surface area contributed by atoms with Crippen molar-refractivity contribution in [2.75, 3.05) is 7.05 Å². The van der Waals surface area contributed by atoms with E-state index in [1.54, 1.807) is 31.4 Å². The lowest BCUT2D eigenvalue weighted by atomic mass is 10.2. The van der Waals surface area contributed by atoms with Gasteiger partial charge in [-0.05, 0) is 19.4 Å². The third-order valence-corrected chi connectivity index (χ3v) is 2.20. The quantitative estimate of drug-likeness (QED) is 0.801. The molecule has 1 aromatic heterocycles. The highest BCUT2D eigenvalue weighted by atomic mass is 16.3. The average molecular weight is 211 g/mol. The molecule has 0 saturated carbocycles. The van der Waals surface area contributed by atoms with Gasteiger partial charge >= 0.3 is 0 Å². The van der Waals surface area contributed by atoms with Crippen LogP contribution in [0.1, 0.15) is 25.3 Å². The Morgan fingerprint density at radius 3 is 2.93 bits per heavy atom. The molecule has 1 aromatic rings. The maximum Gasteiger partial charge on any atom is 0.222 e. The highest BCUT2D eigenvalue weighted by Gasteiger charge is 2.10. The third-order valence-electron chi connectivity index (χ3n) is 2.20. The summed E-state index contributed by atoms with van der Waals surface area (Å²) >= 11 is 0. The second-order valence-corrected chi connectivity index (χ2v) is 3.77. The molecule has 1 N–H and O–H groups in total. The van der Waals surface area contributed by atoms with Gasteiger partial charge in [-0.3, -0.25) is 4.79 Å². The van der Waals surface area contributed by atoms with E-state index in [0.29, 0.717) is 19.4 Å². The van der Waals surface area contributed by atoms with E-state index in [2.05, 4.69) is 0 Å². The number of carbonyl (C=O) groups is 1. The van der Waals surface area contributed by atoms with E-state index >= 15 is 0 Å². The maximum absolute atomic E-state index is 11.6. The smallest absolute Gasteiger partial charge is 0.222 e. The van der Waals surface area contributed by atoms with Crippen molar-refractivity contribution < 1.29 is 14.3 Å². The van der Waals surface area contributed by atoms with Gasteiger partial charge in [0.1, 0.15) is 0 Å². The number of rotatable bonds is 5. The van der Waals surface area contributed by atoms with Gasteiger partial charge in [-0.15, -0.1) is 0 Å².